The minimum absolute atomic E-state index is 0.901. The molecule has 8 rings (SSSR count). The maximum Gasteiger partial charge on any atom is 0.143 e. The maximum absolute atomic E-state index is 6.52. The summed E-state index contributed by atoms with van der Waals surface area (Å²) in [6.07, 6.45) is 0. The topological polar surface area (TPSA) is 18.1 Å². The van der Waals surface area contributed by atoms with Crippen LogP contribution in [0.4, 0.5) is 0 Å². The third kappa shape index (κ3) is 3.54. The zero-order chi connectivity index (χ0) is 25.9. The summed E-state index contributed by atoms with van der Waals surface area (Å²) >= 11 is 3.54. The third-order valence-electron chi connectivity index (χ3n) is 7.67. The van der Waals surface area contributed by atoms with Gasteiger partial charge in [0.25, 0.3) is 0 Å². The van der Waals surface area contributed by atoms with Crippen LogP contribution < -0.4 is 0 Å². The van der Waals surface area contributed by atoms with Gasteiger partial charge in [0.05, 0.1) is 11.0 Å². The minimum Gasteiger partial charge on any atom is -0.455 e. The van der Waals surface area contributed by atoms with E-state index in [1.807, 2.05) is 0 Å². The lowest BCUT2D eigenvalue weighted by Crippen LogP contribution is -1.93. The Kier molecular flexibility index (Phi) is 5.01. The van der Waals surface area contributed by atoms with Crippen LogP contribution >= 0.6 is 15.9 Å². The van der Waals surface area contributed by atoms with Crippen molar-refractivity contribution >= 4 is 59.7 Å². The van der Waals surface area contributed by atoms with E-state index in [0.29, 0.717) is 0 Å². The number of hydrogen-bond donors (Lipinski definition) is 0. The molecule has 6 aromatic carbocycles. The van der Waals surface area contributed by atoms with Crippen molar-refractivity contribution in [1.29, 1.82) is 0 Å². The highest BCUT2D eigenvalue weighted by atomic mass is 79.9. The molecule has 8 aromatic rings. The molecule has 0 aliphatic heterocycles. The Labute approximate surface area is 233 Å². The van der Waals surface area contributed by atoms with Crippen LogP contribution in [0.25, 0.3) is 71.7 Å². The summed E-state index contributed by atoms with van der Waals surface area (Å²) in [6.45, 7) is 0. The molecule has 39 heavy (non-hydrogen) atoms. The molecule has 0 unspecified atom stereocenters. The molecule has 0 saturated carbocycles. The van der Waals surface area contributed by atoms with E-state index >= 15 is 0 Å². The molecular weight excluding hydrogens is 542 g/mol. The van der Waals surface area contributed by atoms with Gasteiger partial charge in [0, 0.05) is 37.3 Å². The molecule has 3 heteroatoms. The normalized spacial score (nSPS) is 11.7. The van der Waals surface area contributed by atoms with Crippen molar-refractivity contribution in [3.05, 3.63) is 138 Å². The molecule has 0 saturated heterocycles. The molecule has 0 aliphatic rings. The summed E-state index contributed by atoms with van der Waals surface area (Å²) in [5.41, 5.74) is 9.97. The summed E-state index contributed by atoms with van der Waals surface area (Å²) in [6, 6.07) is 47.4. The van der Waals surface area contributed by atoms with Gasteiger partial charge >= 0.3 is 0 Å². The highest BCUT2D eigenvalue weighted by molar-refractivity contribution is 9.10. The Morgan fingerprint density at radius 1 is 0.487 bits per heavy atom. The average Bonchev–Trinajstić information content (AvgIpc) is 3.53. The molecule has 0 amide bonds. The highest BCUT2D eigenvalue weighted by Crippen LogP contribution is 2.40. The Bertz CT molecular complexity index is 2170. The SMILES string of the molecule is Brc1ccc(-c2ccc3oc4c(-c5ccc6c7ccccc7n(-c7ccccc7)c6c5)cccc4c3c2)cc1. The van der Waals surface area contributed by atoms with Gasteiger partial charge in [-0.25, -0.2) is 0 Å². The van der Waals surface area contributed by atoms with Crippen molar-refractivity contribution in [2.24, 2.45) is 0 Å². The molecule has 0 bridgehead atoms. The predicted molar refractivity (Wildman–Crippen MR) is 167 cm³/mol. The van der Waals surface area contributed by atoms with Crippen LogP contribution in [0.15, 0.2) is 142 Å². The fourth-order valence-corrected chi connectivity index (χ4v) is 6.11. The summed E-state index contributed by atoms with van der Waals surface area (Å²) in [5, 5.41) is 4.76. The zero-order valence-electron chi connectivity index (χ0n) is 20.9. The average molecular weight is 564 g/mol. The van der Waals surface area contributed by atoms with Gasteiger partial charge in [0.2, 0.25) is 0 Å². The number of benzene rings is 6. The van der Waals surface area contributed by atoms with E-state index in [-0.39, 0.29) is 0 Å². The standard InChI is InChI=1S/C36H22BrNO/c37-26-17-13-23(14-18-26)24-16-20-35-32(21-24)31-11-6-10-28(36(31)39-35)25-15-19-30-29-9-4-5-12-33(29)38(34(30)22-25)27-7-2-1-3-8-27/h1-22H. The molecule has 2 nitrogen and oxygen atoms in total. The van der Waals surface area contributed by atoms with Crippen LogP contribution in [-0.2, 0) is 0 Å². The first-order valence-electron chi connectivity index (χ1n) is 13.0. The van der Waals surface area contributed by atoms with E-state index in [1.165, 1.54) is 32.9 Å². The number of hydrogen-bond acceptors (Lipinski definition) is 1. The second-order valence-corrected chi connectivity index (χ2v) is 10.8. The molecule has 2 aromatic heterocycles. The Balaban J connectivity index is 1.35. The van der Waals surface area contributed by atoms with E-state index in [2.05, 4.69) is 154 Å². The van der Waals surface area contributed by atoms with Gasteiger partial charge in [-0.05, 0) is 65.2 Å². The number of rotatable bonds is 3. The summed E-state index contributed by atoms with van der Waals surface area (Å²) in [5.74, 6) is 0. The fourth-order valence-electron chi connectivity index (χ4n) is 5.84. The lowest BCUT2D eigenvalue weighted by molar-refractivity contribution is 0.670. The van der Waals surface area contributed by atoms with Crippen molar-refractivity contribution in [1.82, 2.24) is 4.57 Å². The van der Waals surface area contributed by atoms with Gasteiger partial charge in [-0.15, -0.1) is 0 Å². The van der Waals surface area contributed by atoms with Crippen molar-refractivity contribution in [2.75, 3.05) is 0 Å². The number of para-hydroxylation sites is 3. The van der Waals surface area contributed by atoms with Crippen molar-refractivity contribution < 1.29 is 4.42 Å². The lowest BCUT2D eigenvalue weighted by Gasteiger charge is -2.09. The maximum atomic E-state index is 6.52. The summed E-state index contributed by atoms with van der Waals surface area (Å²) in [7, 11) is 0. The highest BCUT2D eigenvalue weighted by Gasteiger charge is 2.16. The first-order valence-corrected chi connectivity index (χ1v) is 13.8. The number of halogens is 1. The number of furan rings is 1. The predicted octanol–water partition coefficient (Wildman–Crippen LogP) is 10.8. The molecule has 0 spiro atoms. The number of aromatic nitrogens is 1. The molecule has 0 fully saturated rings. The number of fused-ring (bicyclic) bond motifs is 6. The van der Waals surface area contributed by atoms with Crippen LogP contribution in [-0.4, -0.2) is 4.57 Å². The summed E-state index contributed by atoms with van der Waals surface area (Å²) in [4.78, 5) is 0. The van der Waals surface area contributed by atoms with Crippen molar-refractivity contribution in [2.45, 2.75) is 0 Å². The zero-order valence-corrected chi connectivity index (χ0v) is 22.5. The van der Waals surface area contributed by atoms with Gasteiger partial charge < -0.3 is 8.98 Å². The summed E-state index contributed by atoms with van der Waals surface area (Å²) < 4.78 is 9.96. The molecule has 0 atom stereocenters. The van der Waals surface area contributed by atoms with Gasteiger partial charge in [-0.2, -0.15) is 0 Å². The molecule has 0 N–H and O–H groups in total. The molecule has 0 aliphatic carbocycles. The van der Waals surface area contributed by atoms with Gasteiger partial charge in [0.1, 0.15) is 11.2 Å². The van der Waals surface area contributed by atoms with E-state index in [4.69, 9.17) is 4.42 Å². The van der Waals surface area contributed by atoms with Crippen LogP contribution in [0.3, 0.4) is 0 Å². The van der Waals surface area contributed by atoms with Gasteiger partial charge in [-0.3, -0.25) is 0 Å². The van der Waals surface area contributed by atoms with Crippen LogP contribution in [0.2, 0.25) is 0 Å². The van der Waals surface area contributed by atoms with Gasteiger partial charge in [-0.1, -0.05) is 101 Å². The largest absolute Gasteiger partial charge is 0.455 e. The van der Waals surface area contributed by atoms with Crippen LogP contribution in [0.1, 0.15) is 0 Å². The molecule has 0 radical (unpaired) electrons. The minimum atomic E-state index is 0.901. The third-order valence-corrected chi connectivity index (χ3v) is 8.20. The Hall–Kier alpha value is -4.60. The molecule has 184 valence electrons. The Morgan fingerprint density at radius 2 is 1.21 bits per heavy atom. The quantitative estimate of drug-likeness (QED) is 0.209. The fraction of sp³-hybridized carbons (Fsp3) is 0. The lowest BCUT2D eigenvalue weighted by atomic mass is 9.99. The van der Waals surface area contributed by atoms with Crippen molar-refractivity contribution in [3.8, 4) is 27.9 Å². The van der Waals surface area contributed by atoms with E-state index in [9.17, 15) is 0 Å². The van der Waals surface area contributed by atoms with Crippen LogP contribution in [0.5, 0.6) is 0 Å². The Morgan fingerprint density at radius 3 is 2.08 bits per heavy atom. The second kappa shape index (κ2) is 8.72. The van der Waals surface area contributed by atoms with Gasteiger partial charge in [0.15, 0.2) is 0 Å². The second-order valence-electron chi connectivity index (χ2n) is 9.92. The van der Waals surface area contributed by atoms with E-state index < -0.39 is 0 Å². The van der Waals surface area contributed by atoms with E-state index in [0.717, 1.165) is 43.2 Å². The van der Waals surface area contributed by atoms with E-state index in [1.54, 1.807) is 0 Å². The molecule has 2 heterocycles. The first-order chi connectivity index (χ1) is 19.2. The van der Waals surface area contributed by atoms with Crippen LogP contribution in [0, 0.1) is 0 Å². The number of nitrogens with zero attached hydrogens (tertiary/aromatic N) is 1. The first kappa shape index (κ1) is 22.4. The smallest absolute Gasteiger partial charge is 0.143 e. The van der Waals surface area contributed by atoms with Crippen molar-refractivity contribution in [3.63, 3.8) is 0 Å². The monoisotopic (exact) mass is 563 g/mol. The molecular formula is C36H22BrNO.